The molecule has 0 heterocycles. The van der Waals surface area contributed by atoms with Crippen molar-refractivity contribution in [3.8, 4) is 5.75 Å². The number of carbonyl (C=O) groups excluding carboxylic acids is 1. The van der Waals surface area contributed by atoms with Crippen molar-refractivity contribution in [2.24, 2.45) is 0 Å². The van der Waals surface area contributed by atoms with Gasteiger partial charge in [0.05, 0.1) is 5.56 Å². The van der Waals surface area contributed by atoms with Gasteiger partial charge in [-0.3, -0.25) is 4.79 Å². The van der Waals surface area contributed by atoms with Crippen LogP contribution in [0.3, 0.4) is 0 Å². The van der Waals surface area contributed by atoms with Crippen molar-refractivity contribution in [1.82, 2.24) is 5.32 Å². The maximum absolute atomic E-state index is 12.1. The van der Waals surface area contributed by atoms with Gasteiger partial charge in [-0.05, 0) is 57.9 Å². The van der Waals surface area contributed by atoms with Gasteiger partial charge in [-0.1, -0.05) is 6.92 Å². The Bertz CT molecular complexity index is 537. The van der Waals surface area contributed by atoms with Crippen LogP contribution < -0.4 is 10.1 Å². The minimum Gasteiger partial charge on any atom is -0.481 e. The first-order valence-electron chi connectivity index (χ1n) is 6.99. The van der Waals surface area contributed by atoms with E-state index in [0.717, 1.165) is 6.42 Å². The lowest BCUT2D eigenvalue weighted by Gasteiger charge is -2.26. The lowest BCUT2D eigenvalue weighted by Crippen LogP contribution is -2.48. The summed E-state index contributed by atoms with van der Waals surface area (Å²) in [5.41, 5.74) is 0.602. The number of nitrogens with one attached hydrogen (secondary N) is 1. The molecule has 5 nitrogen and oxygen atoms in total. The molecule has 0 aliphatic rings. The van der Waals surface area contributed by atoms with Crippen LogP contribution in [0.5, 0.6) is 5.75 Å². The van der Waals surface area contributed by atoms with Crippen molar-refractivity contribution >= 4 is 11.9 Å². The zero-order chi connectivity index (χ0) is 16.2. The largest absolute Gasteiger partial charge is 0.481 e. The minimum atomic E-state index is -0.986. The molecular formula is C16H23NO4. The first-order chi connectivity index (χ1) is 9.66. The number of rotatable bonds is 6. The first-order valence-corrected chi connectivity index (χ1v) is 6.99. The van der Waals surface area contributed by atoms with E-state index in [-0.39, 0.29) is 17.0 Å². The topological polar surface area (TPSA) is 75.6 Å². The summed E-state index contributed by atoms with van der Waals surface area (Å²) in [5, 5.41) is 11.8. The summed E-state index contributed by atoms with van der Waals surface area (Å²) >= 11 is 0. The lowest BCUT2D eigenvalue weighted by atomic mass is 10.0. The molecule has 0 aromatic heterocycles. The highest BCUT2D eigenvalue weighted by Crippen LogP contribution is 2.21. The molecule has 116 valence electrons. The Morgan fingerprint density at radius 1 is 1.38 bits per heavy atom. The number of aromatic carboxylic acids is 1. The van der Waals surface area contributed by atoms with Gasteiger partial charge < -0.3 is 15.2 Å². The van der Waals surface area contributed by atoms with Gasteiger partial charge >= 0.3 is 5.97 Å². The zero-order valence-corrected chi connectivity index (χ0v) is 13.2. The predicted molar refractivity (Wildman–Crippen MR) is 80.7 cm³/mol. The first kappa shape index (κ1) is 17.0. The molecule has 0 aliphatic carbocycles. The number of amides is 1. The molecule has 1 rings (SSSR count). The molecule has 1 aromatic rings. The van der Waals surface area contributed by atoms with Gasteiger partial charge in [-0.15, -0.1) is 0 Å². The Hall–Kier alpha value is -2.04. The number of carboxylic acids is 1. The summed E-state index contributed by atoms with van der Waals surface area (Å²) in [5.74, 6) is -0.666. The van der Waals surface area contributed by atoms with E-state index in [1.165, 1.54) is 12.1 Å². The second-order valence-corrected chi connectivity index (χ2v) is 5.77. The average Bonchev–Trinajstić information content (AvgIpc) is 2.40. The van der Waals surface area contributed by atoms with Crippen LogP contribution in [0, 0.1) is 6.92 Å². The van der Waals surface area contributed by atoms with E-state index >= 15 is 0 Å². The Kier molecular flexibility index (Phi) is 5.35. The van der Waals surface area contributed by atoms with Crippen molar-refractivity contribution < 1.29 is 19.4 Å². The monoisotopic (exact) mass is 293 g/mol. The van der Waals surface area contributed by atoms with Gasteiger partial charge in [0.15, 0.2) is 6.10 Å². The summed E-state index contributed by atoms with van der Waals surface area (Å²) in [4.78, 5) is 23.0. The summed E-state index contributed by atoms with van der Waals surface area (Å²) in [7, 11) is 0. The third kappa shape index (κ3) is 4.77. The summed E-state index contributed by atoms with van der Waals surface area (Å²) < 4.78 is 5.63. The number of hydrogen-bond acceptors (Lipinski definition) is 3. The highest BCUT2D eigenvalue weighted by Gasteiger charge is 2.23. The molecule has 21 heavy (non-hydrogen) atoms. The predicted octanol–water partition coefficient (Wildman–Crippen LogP) is 2.77. The molecule has 5 heteroatoms. The number of carbonyl (C=O) groups is 2. The van der Waals surface area contributed by atoms with Gasteiger partial charge in [0.1, 0.15) is 5.75 Å². The normalized spacial score (nSPS) is 12.6. The molecule has 0 aliphatic heterocycles. The summed E-state index contributed by atoms with van der Waals surface area (Å²) in [6.45, 7) is 9.32. The fourth-order valence-corrected chi connectivity index (χ4v) is 1.68. The molecule has 0 spiro atoms. The number of hydrogen-bond donors (Lipinski definition) is 2. The third-order valence-corrected chi connectivity index (χ3v) is 3.44. The van der Waals surface area contributed by atoms with Crippen LogP contribution in [0.15, 0.2) is 18.2 Å². The average molecular weight is 293 g/mol. The molecule has 1 unspecified atom stereocenters. The van der Waals surface area contributed by atoms with Gasteiger partial charge in [-0.2, -0.15) is 0 Å². The van der Waals surface area contributed by atoms with E-state index in [2.05, 4.69) is 5.32 Å². The van der Waals surface area contributed by atoms with Crippen LogP contribution in [0.25, 0.3) is 0 Å². The molecule has 0 saturated heterocycles. The van der Waals surface area contributed by atoms with Gasteiger partial charge in [0.25, 0.3) is 5.91 Å². The number of ether oxygens (including phenoxy) is 1. The van der Waals surface area contributed by atoms with E-state index in [0.29, 0.717) is 11.3 Å². The SMILES string of the molecule is CCC(C)(C)NC(=O)C(C)Oc1ccc(C(=O)O)cc1C. The lowest BCUT2D eigenvalue weighted by molar-refractivity contribution is -0.129. The molecule has 0 fully saturated rings. The Morgan fingerprint density at radius 2 is 2.00 bits per heavy atom. The van der Waals surface area contributed by atoms with Crippen LogP contribution >= 0.6 is 0 Å². The quantitative estimate of drug-likeness (QED) is 0.845. The minimum absolute atomic E-state index is 0.191. The maximum atomic E-state index is 12.1. The zero-order valence-electron chi connectivity index (χ0n) is 13.2. The highest BCUT2D eigenvalue weighted by molar-refractivity contribution is 5.88. The summed E-state index contributed by atoms with van der Waals surface area (Å²) in [6, 6.07) is 4.57. The second kappa shape index (κ2) is 6.61. The summed E-state index contributed by atoms with van der Waals surface area (Å²) in [6.07, 6.45) is 0.169. The molecule has 2 N–H and O–H groups in total. The van der Waals surface area contributed by atoms with Crippen molar-refractivity contribution in [2.75, 3.05) is 0 Å². The molecule has 1 amide bonds. The standard InChI is InChI=1S/C16H23NO4/c1-6-16(4,5)17-14(18)11(3)21-13-8-7-12(15(19)20)9-10(13)2/h7-9,11H,6H2,1-5H3,(H,17,18)(H,19,20). The second-order valence-electron chi connectivity index (χ2n) is 5.77. The van der Waals surface area contributed by atoms with Crippen LogP contribution in [-0.4, -0.2) is 28.6 Å². The van der Waals surface area contributed by atoms with Gasteiger partial charge in [0.2, 0.25) is 0 Å². The number of benzene rings is 1. The molecule has 0 saturated carbocycles. The smallest absolute Gasteiger partial charge is 0.335 e. The fraction of sp³-hybridized carbons (Fsp3) is 0.500. The van der Waals surface area contributed by atoms with Crippen LogP contribution in [0.4, 0.5) is 0 Å². The van der Waals surface area contributed by atoms with E-state index < -0.39 is 12.1 Å². The molecular weight excluding hydrogens is 270 g/mol. The number of carboxylic acid groups (broad SMARTS) is 1. The Morgan fingerprint density at radius 3 is 2.48 bits per heavy atom. The van der Waals surface area contributed by atoms with Crippen molar-refractivity contribution in [3.63, 3.8) is 0 Å². The third-order valence-electron chi connectivity index (χ3n) is 3.44. The molecule has 1 atom stereocenters. The molecule has 0 bridgehead atoms. The van der Waals surface area contributed by atoms with E-state index in [4.69, 9.17) is 9.84 Å². The Balaban J connectivity index is 2.77. The number of aryl methyl sites for hydroxylation is 1. The highest BCUT2D eigenvalue weighted by atomic mass is 16.5. The van der Waals surface area contributed by atoms with Crippen molar-refractivity contribution in [1.29, 1.82) is 0 Å². The Labute approximate surface area is 125 Å². The molecule has 1 aromatic carbocycles. The van der Waals surface area contributed by atoms with Gasteiger partial charge in [0, 0.05) is 5.54 Å². The fourth-order valence-electron chi connectivity index (χ4n) is 1.68. The van der Waals surface area contributed by atoms with Crippen molar-refractivity contribution in [2.45, 2.75) is 52.7 Å². The van der Waals surface area contributed by atoms with Crippen LogP contribution in [-0.2, 0) is 4.79 Å². The van der Waals surface area contributed by atoms with E-state index in [1.807, 2.05) is 20.8 Å². The molecule has 0 radical (unpaired) electrons. The van der Waals surface area contributed by atoms with Gasteiger partial charge in [-0.25, -0.2) is 4.79 Å². The van der Waals surface area contributed by atoms with E-state index in [1.54, 1.807) is 19.9 Å². The van der Waals surface area contributed by atoms with Crippen LogP contribution in [0.2, 0.25) is 0 Å². The van der Waals surface area contributed by atoms with E-state index in [9.17, 15) is 9.59 Å². The van der Waals surface area contributed by atoms with Crippen LogP contribution in [0.1, 0.15) is 50.0 Å². The maximum Gasteiger partial charge on any atom is 0.335 e. The van der Waals surface area contributed by atoms with Crippen molar-refractivity contribution in [3.05, 3.63) is 29.3 Å².